The van der Waals surface area contributed by atoms with Gasteiger partial charge in [-0.3, -0.25) is 0 Å². The van der Waals surface area contributed by atoms with Gasteiger partial charge in [-0.15, -0.1) is 10.2 Å². The standard InChI is InChI=1S/C9H15N3S/c1-2-12-7-10-11-9(12)13-8-5-3-4-6-8/h7-8H,2-6H2,1H3. The van der Waals surface area contributed by atoms with Crippen molar-refractivity contribution in [1.82, 2.24) is 14.8 Å². The average Bonchev–Trinajstić information content (AvgIpc) is 2.76. The first kappa shape index (κ1) is 9.06. The Morgan fingerprint density at radius 2 is 2.31 bits per heavy atom. The summed E-state index contributed by atoms with van der Waals surface area (Å²) >= 11 is 1.90. The van der Waals surface area contributed by atoms with Crippen LogP contribution in [0.4, 0.5) is 0 Å². The number of aryl methyl sites for hydroxylation is 1. The molecule has 0 radical (unpaired) electrons. The third kappa shape index (κ3) is 2.05. The Morgan fingerprint density at radius 3 is 3.00 bits per heavy atom. The number of hydrogen-bond acceptors (Lipinski definition) is 3. The molecule has 1 fully saturated rings. The highest BCUT2D eigenvalue weighted by Crippen LogP contribution is 2.33. The molecule has 0 saturated heterocycles. The van der Waals surface area contributed by atoms with E-state index in [4.69, 9.17) is 0 Å². The van der Waals surface area contributed by atoms with Crippen LogP contribution in [-0.2, 0) is 6.54 Å². The molecule has 0 aromatic carbocycles. The van der Waals surface area contributed by atoms with Gasteiger partial charge in [-0.1, -0.05) is 24.6 Å². The second kappa shape index (κ2) is 4.13. The molecule has 13 heavy (non-hydrogen) atoms. The monoisotopic (exact) mass is 197 g/mol. The number of hydrogen-bond donors (Lipinski definition) is 0. The van der Waals surface area contributed by atoms with Gasteiger partial charge in [-0.2, -0.15) is 0 Å². The van der Waals surface area contributed by atoms with Crippen LogP contribution in [-0.4, -0.2) is 20.0 Å². The fourth-order valence-electron chi connectivity index (χ4n) is 1.71. The molecule has 0 bridgehead atoms. The summed E-state index contributed by atoms with van der Waals surface area (Å²) < 4.78 is 2.11. The lowest BCUT2D eigenvalue weighted by Crippen LogP contribution is -2.00. The highest BCUT2D eigenvalue weighted by Gasteiger charge is 2.18. The number of rotatable bonds is 3. The van der Waals surface area contributed by atoms with Gasteiger partial charge in [0, 0.05) is 11.8 Å². The maximum atomic E-state index is 4.13. The molecule has 1 aromatic rings. The number of thioether (sulfide) groups is 1. The van der Waals surface area contributed by atoms with Crippen LogP contribution in [0.2, 0.25) is 0 Å². The highest BCUT2D eigenvalue weighted by atomic mass is 32.2. The summed E-state index contributed by atoms with van der Waals surface area (Å²) in [6, 6.07) is 0. The summed E-state index contributed by atoms with van der Waals surface area (Å²) in [6.45, 7) is 3.10. The van der Waals surface area contributed by atoms with Gasteiger partial charge < -0.3 is 4.57 Å². The molecule has 1 saturated carbocycles. The SMILES string of the molecule is CCn1cnnc1SC1CCCC1. The van der Waals surface area contributed by atoms with E-state index in [1.54, 1.807) is 0 Å². The minimum atomic E-state index is 0.787. The van der Waals surface area contributed by atoms with E-state index < -0.39 is 0 Å². The fourth-order valence-corrected chi connectivity index (χ4v) is 2.98. The fraction of sp³-hybridized carbons (Fsp3) is 0.778. The molecule has 0 spiro atoms. The van der Waals surface area contributed by atoms with Crippen LogP contribution < -0.4 is 0 Å². The van der Waals surface area contributed by atoms with E-state index in [1.807, 2.05) is 18.1 Å². The maximum Gasteiger partial charge on any atom is 0.191 e. The normalized spacial score (nSPS) is 18.2. The first-order chi connectivity index (χ1) is 6.40. The molecule has 0 N–H and O–H groups in total. The van der Waals surface area contributed by atoms with E-state index in [1.165, 1.54) is 25.7 Å². The van der Waals surface area contributed by atoms with Crippen molar-refractivity contribution in [2.75, 3.05) is 0 Å². The molecule has 0 amide bonds. The predicted octanol–water partition coefficient (Wildman–Crippen LogP) is 2.33. The molecule has 72 valence electrons. The smallest absolute Gasteiger partial charge is 0.191 e. The van der Waals surface area contributed by atoms with E-state index in [0.29, 0.717) is 0 Å². The predicted molar refractivity (Wildman–Crippen MR) is 53.8 cm³/mol. The van der Waals surface area contributed by atoms with Crippen LogP contribution in [0.3, 0.4) is 0 Å². The number of aromatic nitrogens is 3. The molecule has 0 atom stereocenters. The van der Waals surface area contributed by atoms with Crippen molar-refractivity contribution in [3.05, 3.63) is 6.33 Å². The molecular formula is C9H15N3S. The Labute approximate surface area is 82.9 Å². The Hall–Kier alpha value is -0.510. The Morgan fingerprint density at radius 1 is 1.54 bits per heavy atom. The molecule has 1 aromatic heterocycles. The third-order valence-electron chi connectivity index (χ3n) is 2.49. The second-order valence-electron chi connectivity index (χ2n) is 3.42. The maximum absolute atomic E-state index is 4.13. The third-order valence-corrected chi connectivity index (χ3v) is 3.83. The average molecular weight is 197 g/mol. The van der Waals surface area contributed by atoms with Crippen molar-refractivity contribution in [2.45, 2.75) is 49.6 Å². The lowest BCUT2D eigenvalue weighted by Gasteiger charge is -2.07. The second-order valence-corrected chi connectivity index (χ2v) is 4.69. The van der Waals surface area contributed by atoms with E-state index >= 15 is 0 Å². The van der Waals surface area contributed by atoms with Crippen molar-refractivity contribution >= 4 is 11.8 Å². The van der Waals surface area contributed by atoms with Gasteiger partial charge in [0.2, 0.25) is 0 Å². The molecule has 1 heterocycles. The summed E-state index contributed by atoms with van der Waals surface area (Å²) in [5.41, 5.74) is 0. The molecule has 2 rings (SSSR count). The molecule has 1 aliphatic carbocycles. The van der Waals surface area contributed by atoms with Crippen LogP contribution in [0.1, 0.15) is 32.6 Å². The zero-order valence-corrected chi connectivity index (χ0v) is 8.76. The van der Waals surface area contributed by atoms with Crippen LogP contribution in [0.25, 0.3) is 0 Å². The van der Waals surface area contributed by atoms with Crippen molar-refractivity contribution in [2.24, 2.45) is 0 Å². The van der Waals surface area contributed by atoms with Gasteiger partial charge in [-0.25, -0.2) is 0 Å². The molecule has 0 aliphatic heterocycles. The van der Waals surface area contributed by atoms with Gasteiger partial charge in [-0.05, 0) is 19.8 Å². The zero-order valence-electron chi connectivity index (χ0n) is 7.94. The summed E-state index contributed by atoms with van der Waals surface area (Å²) in [6.07, 6.45) is 7.29. The van der Waals surface area contributed by atoms with E-state index in [-0.39, 0.29) is 0 Å². The van der Waals surface area contributed by atoms with Crippen molar-refractivity contribution in [1.29, 1.82) is 0 Å². The van der Waals surface area contributed by atoms with E-state index in [9.17, 15) is 0 Å². The van der Waals surface area contributed by atoms with Gasteiger partial charge in [0.15, 0.2) is 5.16 Å². The summed E-state index contributed by atoms with van der Waals surface area (Å²) in [7, 11) is 0. The Kier molecular flexibility index (Phi) is 2.88. The van der Waals surface area contributed by atoms with Gasteiger partial charge in [0.1, 0.15) is 6.33 Å². The quantitative estimate of drug-likeness (QED) is 0.745. The lowest BCUT2D eigenvalue weighted by molar-refractivity contribution is 0.678. The minimum absolute atomic E-state index is 0.787. The molecule has 4 heteroatoms. The zero-order chi connectivity index (χ0) is 9.10. The summed E-state index contributed by atoms with van der Waals surface area (Å²) in [5.74, 6) is 0. The van der Waals surface area contributed by atoms with Crippen molar-refractivity contribution in [3.63, 3.8) is 0 Å². The lowest BCUT2D eigenvalue weighted by atomic mass is 10.4. The molecule has 0 unspecified atom stereocenters. The van der Waals surface area contributed by atoms with E-state index in [0.717, 1.165) is 17.0 Å². The molecule has 1 aliphatic rings. The van der Waals surface area contributed by atoms with Gasteiger partial charge in [0.05, 0.1) is 0 Å². The topological polar surface area (TPSA) is 30.7 Å². The van der Waals surface area contributed by atoms with Crippen LogP contribution in [0, 0.1) is 0 Å². The highest BCUT2D eigenvalue weighted by molar-refractivity contribution is 7.99. The van der Waals surface area contributed by atoms with Crippen molar-refractivity contribution in [3.8, 4) is 0 Å². The summed E-state index contributed by atoms with van der Waals surface area (Å²) in [4.78, 5) is 0. The van der Waals surface area contributed by atoms with Crippen LogP contribution in [0.15, 0.2) is 11.5 Å². The Bertz CT molecular complexity index is 266. The van der Waals surface area contributed by atoms with Crippen LogP contribution in [0.5, 0.6) is 0 Å². The van der Waals surface area contributed by atoms with E-state index in [2.05, 4.69) is 21.7 Å². The summed E-state index contributed by atoms with van der Waals surface area (Å²) in [5, 5.41) is 9.93. The largest absolute Gasteiger partial charge is 0.309 e. The first-order valence-corrected chi connectivity index (χ1v) is 5.82. The first-order valence-electron chi connectivity index (χ1n) is 4.94. The van der Waals surface area contributed by atoms with Crippen molar-refractivity contribution < 1.29 is 0 Å². The number of nitrogens with zero attached hydrogens (tertiary/aromatic N) is 3. The molecular weight excluding hydrogens is 182 g/mol. The van der Waals surface area contributed by atoms with Gasteiger partial charge in [0.25, 0.3) is 0 Å². The minimum Gasteiger partial charge on any atom is -0.309 e. The van der Waals surface area contributed by atoms with Gasteiger partial charge >= 0.3 is 0 Å². The van der Waals surface area contributed by atoms with Crippen LogP contribution >= 0.6 is 11.8 Å². The molecule has 3 nitrogen and oxygen atoms in total. The Balaban J connectivity index is 1.99.